The van der Waals surface area contributed by atoms with E-state index in [1.54, 1.807) is 13.8 Å². The number of benzene rings is 2. The van der Waals surface area contributed by atoms with Gasteiger partial charge in [-0.2, -0.15) is 0 Å². The zero-order valence-electron chi connectivity index (χ0n) is 11.6. The van der Waals surface area contributed by atoms with E-state index in [0.29, 0.717) is 22.7 Å². The molecular formula is C16H13ClF2NO. The molecule has 2 rings (SSSR count). The molecule has 21 heavy (non-hydrogen) atoms. The van der Waals surface area contributed by atoms with E-state index in [4.69, 9.17) is 11.6 Å². The molecule has 0 spiro atoms. The number of amides is 1. The molecule has 0 aliphatic rings. The van der Waals surface area contributed by atoms with Crippen molar-refractivity contribution in [3.8, 4) is 11.1 Å². The van der Waals surface area contributed by atoms with Gasteiger partial charge in [-0.25, -0.2) is 8.78 Å². The number of carbonyl (C=O) groups excluding carboxylic acids is 1. The Hall–Kier alpha value is -1.94. The van der Waals surface area contributed by atoms with E-state index in [2.05, 4.69) is 11.4 Å². The van der Waals surface area contributed by atoms with E-state index in [1.807, 2.05) is 0 Å². The smallest absolute Gasteiger partial charge is 0.252 e. The summed E-state index contributed by atoms with van der Waals surface area (Å²) >= 11 is 6.02. The first-order valence-corrected chi connectivity index (χ1v) is 6.77. The van der Waals surface area contributed by atoms with Crippen LogP contribution < -0.4 is 5.32 Å². The highest BCUT2D eigenvalue weighted by molar-refractivity contribution is 6.32. The first kappa shape index (κ1) is 15.4. The van der Waals surface area contributed by atoms with Crippen molar-refractivity contribution in [2.24, 2.45) is 0 Å². The Bertz CT molecular complexity index is 681. The Morgan fingerprint density at radius 3 is 2.48 bits per heavy atom. The van der Waals surface area contributed by atoms with Gasteiger partial charge in [-0.3, -0.25) is 4.79 Å². The molecule has 0 heterocycles. The van der Waals surface area contributed by atoms with Crippen LogP contribution in [0.2, 0.25) is 5.02 Å². The third kappa shape index (κ3) is 3.22. The van der Waals surface area contributed by atoms with Gasteiger partial charge in [0.05, 0.1) is 5.56 Å². The first-order chi connectivity index (χ1) is 9.93. The lowest BCUT2D eigenvalue weighted by molar-refractivity contribution is 0.0956. The molecule has 0 fully saturated rings. The zero-order chi connectivity index (χ0) is 15.6. The van der Waals surface area contributed by atoms with E-state index >= 15 is 0 Å². The second-order valence-corrected chi connectivity index (χ2v) is 4.94. The largest absolute Gasteiger partial charge is 0.352 e. The van der Waals surface area contributed by atoms with Gasteiger partial charge in [0.15, 0.2) is 0 Å². The maximum atomic E-state index is 13.4. The highest BCUT2D eigenvalue weighted by Gasteiger charge is 2.18. The van der Waals surface area contributed by atoms with Gasteiger partial charge >= 0.3 is 0 Å². The first-order valence-electron chi connectivity index (χ1n) is 6.39. The van der Waals surface area contributed by atoms with Crippen LogP contribution >= 0.6 is 11.6 Å². The normalized spacial score (nSPS) is 10.5. The highest BCUT2D eigenvalue weighted by atomic mass is 35.5. The monoisotopic (exact) mass is 308 g/mol. The Labute approximate surface area is 126 Å². The van der Waals surface area contributed by atoms with Crippen molar-refractivity contribution in [1.82, 2.24) is 5.32 Å². The van der Waals surface area contributed by atoms with E-state index in [0.717, 1.165) is 18.2 Å². The maximum absolute atomic E-state index is 13.4. The summed E-state index contributed by atoms with van der Waals surface area (Å²) in [5.41, 5.74) is 1.38. The average molecular weight is 309 g/mol. The molecule has 0 saturated carbocycles. The molecule has 0 aliphatic heterocycles. The van der Waals surface area contributed by atoms with Gasteiger partial charge in [0.2, 0.25) is 0 Å². The minimum absolute atomic E-state index is 0.244. The van der Waals surface area contributed by atoms with E-state index in [-0.39, 0.29) is 17.0 Å². The van der Waals surface area contributed by atoms with Crippen molar-refractivity contribution in [2.75, 3.05) is 6.54 Å². The van der Waals surface area contributed by atoms with Crippen molar-refractivity contribution in [3.05, 3.63) is 58.1 Å². The fourth-order valence-electron chi connectivity index (χ4n) is 2.08. The molecule has 0 bridgehead atoms. The summed E-state index contributed by atoms with van der Waals surface area (Å²) in [6, 6.07) is 7.41. The number of hydrogen-bond donors (Lipinski definition) is 1. The number of hydrogen-bond acceptors (Lipinski definition) is 1. The van der Waals surface area contributed by atoms with Crippen LogP contribution in [0.3, 0.4) is 0 Å². The van der Waals surface area contributed by atoms with Gasteiger partial charge in [-0.05, 0) is 49.2 Å². The Morgan fingerprint density at radius 1 is 1.29 bits per heavy atom. The van der Waals surface area contributed by atoms with Crippen molar-refractivity contribution >= 4 is 17.5 Å². The molecular weight excluding hydrogens is 296 g/mol. The second kappa shape index (κ2) is 6.22. The van der Waals surface area contributed by atoms with Crippen LogP contribution in [0.15, 0.2) is 24.3 Å². The van der Waals surface area contributed by atoms with Gasteiger partial charge in [0.25, 0.3) is 5.91 Å². The topological polar surface area (TPSA) is 29.1 Å². The van der Waals surface area contributed by atoms with Crippen LogP contribution in [-0.2, 0) is 0 Å². The molecule has 1 amide bonds. The molecule has 2 aromatic rings. The minimum atomic E-state index is -0.715. The highest BCUT2D eigenvalue weighted by Crippen LogP contribution is 2.31. The molecule has 2 aromatic carbocycles. The molecule has 2 nitrogen and oxygen atoms in total. The molecule has 0 aromatic heterocycles. The average Bonchev–Trinajstić information content (AvgIpc) is 2.40. The molecule has 0 saturated heterocycles. The summed E-state index contributed by atoms with van der Waals surface area (Å²) in [4.78, 5) is 12.2. The molecule has 1 radical (unpaired) electrons. The summed E-state index contributed by atoms with van der Waals surface area (Å²) in [6.07, 6.45) is 0. The lowest BCUT2D eigenvalue weighted by Crippen LogP contribution is -2.24. The zero-order valence-corrected chi connectivity index (χ0v) is 12.3. The van der Waals surface area contributed by atoms with Crippen LogP contribution in [0.1, 0.15) is 22.8 Å². The van der Waals surface area contributed by atoms with Crippen molar-refractivity contribution in [3.63, 3.8) is 0 Å². The van der Waals surface area contributed by atoms with Crippen LogP contribution in [0.5, 0.6) is 0 Å². The predicted octanol–water partition coefficient (Wildman–Crippen LogP) is 4.14. The fraction of sp³-hybridized carbons (Fsp3) is 0.188. The summed E-state index contributed by atoms with van der Waals surface area (Å²) in [7, 11) is 0. The number of halogens is 3. The SMILES string of the molecule is CCNC(=O)c1c(-c2cc(F)cc(F)c2)[c]cc(Cl)c1C. The van der Waals surface area contributed by atoms with E-state index < -0.39 is 11.6 Å². The summed E-state index contributed by atoms with van der Waals surface area (Å²) < 4.78 is 26.8. The molecule has 5 heteroatoms. The number of nitrogens with one attached hydrogen (secondary N) is 1. The quantitative estimate of drug-likeness (QED) is 0.907. The van der Waals surface area contributed by atoms with E-state index in [9.17, 15) is 13.6 Å². The van der Waals surface area contributed by atoms with Gasteiger partial charge in [0.1, 0.15) is 11.6 Å². The van der Waals surface area contributed by atoms with Crippen LogP contribution in [0.4, 0.5) is 8.78 Å². The lowest BCUT2D eigenvalue weighted by atomic mass is 9.95. The van der Waals surface area contributed by atoms with Gasteiger partial charge < -0.3 is 5.32 Å². The summed E-state index contributed by atoms with van der Waals surface area (Å²) in [6.45, 7) is 3.89. The second-order valence-electron chi connectivity index (χ2n) is 4.53. The Morgan fingerprint density at radius 2 is 1.90 bits per heavy atom. The van der Waals surface area contributed by atoms with Crippen molar-refractivity contribution < 1.29 is 13.6 Å². The van der Waals surface area contributed by atoms with Crippen LogP contribution in [-0.4, -0.2) is 12.5 Å². The molecule has 109 valence electrons. The van der Waals surface area contributed by atoms with Gasteiger partial charge in [0, 0.05) is 23.2 Å². The Kier molecular flexibility index (Phi) is 4.58. The third-order valence-electron chi connectivity index (χ3n) is 3.04. The molecule has 0 atom stereocenters. The standard InChI is InChI=1S/C16H13ClF2NO/c1-3-20-16(21)15-9(2)14(17)5-4-13(15)10-6-11(18)8-12(19)7-10/h5-8H,3H2,1-2H3,(H,20,21). The van der Waals surface area contributed by atoms with Crippen LogP contribution in [0, 0.1) is 24.6 Å². The predicted molar refractivity (Wildman–Crippen MR) is 78.4 cm³/mol. The van der Waals surface area contributed by atoms with Crippen molar-refractivity contribution in [1.29, 1.82) is 0 Å². The summed E-state index contributed by atoms with van der Waals surface area (Å²) in [5.74, 6) is -1.78. The van der Waals surface area contributed by atoms with Crippen LogP contribution in [0.25, 0.3) is 11.1 Å². The number of rotatable bonds is 3. The minimum Gasteiger partial charge on any atom is -0.352 e. The van der Waals surface area contributed by atoms with Gasteiger partial charge in [-0.15, -0.1) is 0 Å². The van der Waals surface area contributed by atoms with Gasteiger partial charge in [-0.1, -0.05) is 11.6 Å². The van der Waals surface area contributed by atoms with E-state index in [1.165, 1.54) is 6.07 Å². The molecule has 1 N–H and O–H groups in total. The maximum Gasteiger partial charge on any atom is 0.252 e. The molecule has 0 aliphatic carbocycles. The van der Waals surface area contributed by atoms with Crippen molar-refractivity contribution in [2.45, 2.75) is 13.8 Å². The fourth-order valence-corrected chi connectivity index (χ4v) is 2.23. The molecule has 0 unspecified atom stereocenters. The lowest BCUT2D eigenvalue weighted by Gasteiger charge is -2.13. The number of carbonyl (C=O) groups is 1. The summed E-state index contributed by atoms with van der Waals surface area (Å²) in [5, 5.41) is 3.04. The Balaban J connectivity index is 2.68. The third-order valence-corrected chi connectivity index (χ3v) is 3.43.